The number of amides is 1. The van der Waals surface area contributed by atoms with E-state index in [-0.39, 0.29) is 17.9 Å². The van der Waals surface area contributed by atoms with E-state index in [1.807, 2.05) is 19.1 Å². The number of nitrogens with zero attached hydrogens (tertiary/aromatic N) is 4. The molecule has 0 unspecified atom stereocenters. The van der Waals surface area contributed by atoms with Gasteiger partial charge in [0.05, 0.1) is 5.56 Å². The maximum atomic E-state index is 13.3. The summed E-state index contributed by atoms with van der Waals surface area (Å²) in [7, 11) is 0. The van der Waals surface area contributed by atoms with E-state index in [2.05, 4.69) is 33.6 Å². The molecule has 5 rings (SSSR count). The maximum absolute atomic E-state index is 13.3. The highest BCUT2D eigenvalue weighted by Crippen LogP contribution is 2.32. The van der Waals surface area contributed by atoms with E-state index in [1.165, 1.54) is 0 Å². The molecular formula is C20H26N4O2. The van der Waals surface area contributed by atoms with E-state index in [1.54, 1.807) is 12.4 Å². The summed E-state index contributed by atoms with van der Waals surface area (Å²) in [4.78, 5) is 26.4. The van der Waals surface area contributed by atoms with Crippen LogP contribution in [0.1, 0.15) is 54.5 Å². The molecule has 0 aromatic carbocycles. The fourth-order valence-electron chi connectivity index (χ4n) is 4.11. The van der Waals surface area contributed by atoms with Crippen LogP contribution in [0.15, 0.2) is 28.9 Å². The lowest BCUT2D eigenvalue weighted by Crippen LogP contribution is -2.47. The van der Waals surface area contributed by atoms with Crippen molar-refractivity contribution in [2.45, 2.75) is 45.6 Å². The second-order valence-corrected chi connectivity index (χ2v) is 7.78. The number of hydrogen-bond donors (Lipinski definition) is 0. The Morgan fingerprint density at radius 1 is 1.19 bits per heavy atom. The van der Waals surface area contributed by atoms with Gasteiger partial charge in [0.25, 0.3) is 5.91 Å². The largest absolute Gasteiger partial charge is 0.465 e. The zero-order chi connectivity index (χ0) is 18.3. The Kier molecular flexibility index (Phi) is 4.42. The first-order chi connectivity index (χ1) is 12.5. The third kappa shape index (κ3) is 3.08. The normalized spacial score (nSPS) is 22.8. The molecule has 3 fully saturated rings. The summed E-state index contributed by atoms with van der Waals surface area (Å²) in [6.45, 7) is 8.55. The van der Waals surface area contributed by atoms with E-state index in [4.69, 9.17) is 4.42 Å². The predicted octanol–water partition coefficient (Wildman–Crippen LogP) is 3.24. The quantitative estimate of drug-likeness (QED) is 0.847. The lowest BCUT2D eigenvalue weighted by atomic mass is 9.94. The summed E-state index contributed by atoms with van der Waals surface area (Å²) in [5.41, 5.74) is 0.712. The van der Waals surface area contributed by atoms with Gasteiger partial charge < -0.3 is 14.2 Å². The second kappa shape index (κ2) is 6.74. The third-order valence-corrected chi connectivity index (χ3v) is 5.55. The summed E-state index contributed by atoms with van der Waals surface area (Å²) in [6, 6.07) is 3.96. The van der Waals surface area contributed by atoms with Crippen LogP contribution in [0, 0.1) is 12.8 Å². The highest BCUT2D eigenvalue weighted by atomic mass is 16.3. The van der Waals surface area contributed by atoms with Crippen LogP contribution in [-0.4, -0.2) is 46.5 Å². The Morgan fingerprint density at radius 2 is 1.96 bits per heavy atom. The molecule has 6 heteroatoms. The van der Waals surface area contributed by atoms with Crippen molar-refractivity contribution in [3.8, 4) is 0 Å². The second-order valence-electron chi connectivity index (χ2n) is 7.78. The number of aryl methyl sites for hydroxylation is 1. The number of hydrogen-bond acceptors (Lipinski definition) is 5. The lowest BCUT2D eigenvalue weighted by Gasteiger charge is -2.36. The van der Waals surface area contributed by atoms with Gasteiger partial charge in [-0.1, -0.05) is 13.8 Å². The van der Waals surface area contributed by atoms with Crippen LogP contribution in [-0.2, 0) is 0 Å². The summed E-state index contributed by atoms with van der Waals surface area (Å²) < 4.78 is 5.81. The molecule has 2 aromatic rings. The fourth-order valence-corrected chi connectivity index (χ4v) is 4.11. The molecule has 3 aliphatic rings. The smallest absolute Gasteiger partial charge is 0.257 e. The van der Waals surface area contributed by atoms with Crippen molar-refractivity contribution in [3.05, 3.63) is 41.6 Å². The molecule has 2 atom stereocenters. The number of furan rings is 1. The molecule has 5 heterocycles. The average molecular weight is 354 g/mol. The number of rotatable bonds is 3. The molecule has 0 saturated carbocycles. The predicted molar refractivity (Wildman–Crippen MR) is 99.3 cm³/mol. The Balaban J connectivity index is 1.58. The van der Waals surface area contributed by atoms with Gasteiger partial charge in [0.2, 0.25) is 5.95 Å². The van der Waals surface area contributed by atoms with Gasteiger partial charge in [-0.2, -0.15) is 0 Å². The first-order valence-corrected chi connectivity index (χ1v) is 9.46. The van der Waals surface area contributed by atoms with Crippen LogP contribution in [0.25, 0.3) is 0 Å². The van der Waals surface area contributed by atoms with Crippen molar-refractivity contribution < 1.29 is 9.21 Å². The number of piperidine rings is 1. The van der Waals surface area contributed by atoms with Crippen molar-refractivity contribution >= 4 is 11.9 Å². The topological polar surface area (TPSA) is 62.5 Å². The van der Waals surface area contributed by atoms with E-state index in [9.17, 15) is 4.79 Å². The molecule has 1 amide bonds. The van der Waals surface area contributed by atoms with E-state index < -0.39 is 0 Å². The summed E-state index contributed by atoms with van der Waals surface area (Å²) in [6.07, 6.45) is 5.74. The van der Waals surface area contributed by atoms with Crippen molar-refractivity contribution in [2.75, 3.05) is 24.5 Å². The highest BCUT2D eigenvalue weighted by molar-refractivity contribution is 5.95. The van der Waals surface area contributed by atoms with E-state index in [0.29, 0.717) is 11.5 Å². The van der Waals surface area contributed by atoms with Gasteiger partial charge in [-0.05, 0) is 37.8 Å². The molecule has 2 bridgehead atoms. The molecule has 138 valence electrons. The molecule has 26 heavy (non-hydrogen) atoms. The fraction of sp³-hybridized carbons (Fsp3) is 0.550. The number of carbonyl (C=O) groups excluding carboxylic acids is 1. The van der Waals surface area contributed by atoms with Gasteiger partial charge >= 0.3 is 0 Å². The maximum Gasteiger partial charge on any atom is 0.257 e. The highest BCUT2D eigenvalue weighted by Gasteiger charge is 2.39. The number of fused-ring (bicyclic) bond motifs is 4. The summed E-state index contributed by atoms with van der Waals surface area (Å²) >= 11 is 0. The molecule has 0 N–H and O–H groups in total. The Labute approximate surface area is 154 Å². The van der Waals surface area contributed by atoms with Gasteiger partial charge in [-0.15, -0.1) is 0 Å². The van der Waals surface area contributed by atoms with Crippen LogP contribution < -0.4 is 4.90 Å². The lowest BCUT2D eigenvalue weighted by molar-refractivity contribution is 0.0590. The Hall–Kier alpha value is -2.37. The minimum Gasteiger partial charge on any atom is -0.465 e. The zero-order valence-corrected chi connectivity index (χ0v) is 15.7. The molecule has 3 saturated heterocycles. The molecule has 0 spiro atoms. The van der Waals surface area contributed by atoms with E-state index in [0.717, 1.165) is 49.9 Å². The van der Waals surface area contributed by atoms with Crippen LogP contribution >= 0.6 is 0 Å². The molecule has 0 aliphatic carbocycles. The number of carbonyl (C=O) groups is 1. The number of aromatic nitrogens is 2. The Bertz CT molecular complexity index is 786. The molecule has 3 aliphatic heterocycles. The number of anilines is 1. The first kappa shape index (κ1) is 17.1. The summed E-state index contributed by atoms with van der Waals surface area (Å²) in [5, 5.41) is 0. The minimum atomic E-state index is 0.101. The van der Waals surface area contributed by atoms with Gasteiger partial charge in [-0.3, -0.25) is 4.79 Å². The van der Waals surface area contributed by atoms with Crippen LogP contribution in [0.3, 0.4) is 0 Å². The van der Waals surface area contributed by atoms with Crippen LogP contribution in [0.4, 0.5) is 5.95 Å². The van der Waals surface area contributed by atoms with E-state index >= 15 is 0 Å². The van der Waals surface area contributed by atoms with Crippen molar-refractivity contribution in [1.82, 2.24) is 14.9 Å². The van der Waals surface area contributed by atoms with Gasteiger partial charge in [-0.25, -0.2) is 9.97 Å². The molecular weight excluding hydrogens is 328 g/mol. The summed E-state index contributed by atoms with van der Waals surface area (Å²) in [5.74, 6) is 3.20. The minimum absolute atomic E-state index is 0.101. The third-order valence-electron chi connectivity index (χ3n) is 5.55. The molecule has 2 aromatic heterocycles. The average Bonchev–Trinajstić information content (AvgIpc) is 2.82. The Morgan fingerprint density at radius 3 is 2.65 bits per heavy atom. The van der Waals surface area contributed by atoms with Gasteiger partial charge in [0, 0.05) is 44.0 Å². The van der Waals surface area contributed by atoms with Crippen molar-refractivity contribution in [1.29, 1.82) is 0 Å². The van der Waals surface area contributed by atoms with Crippen molar-refractivity contribution in [3.63, 3.8) is 0 Å². The van der Waals surface area contributed by atoms with Crippen LogP contribution in [0.2, 0.25) is 0 Å². The first-order valence-electron chi connectivity index (χ1n) is 9.46. The molecule has 6 nitrogen and oxygen atoms in total. The SMILES string of the molecule is Cc1oc(C(C)C)cc1C(=O)N1C[C@H]2CC[C@@H]1CN(c1ncccn1)C2. The van der Waals surface area contributed by atoms with Crippen molar-refractivity contribution in [2.24, 2.45) is 5.92 Å². The monoisotopic (exact) mass is 354 g/mol. The van der Waals surface area contributed by atoms with Gasteiger partial charge in [0.1, 0.15) is 11.5 Å². The van der Waals surface area contributed by atoms with Crippen LogP contribution in [0.5, 0.6) is 0 Å². The zero-order valence-electron chi connectivity index (χ0n) is 15.7. The standard InChI is InChI=1S/C20H26N4O2/c1-13(2)18-9-17(14(3)26-18)19(25)24-11-15-5-6-16(24)12-23(10-15)20-21-7-4-8-22-20/h4,7-9,13,15-16H,5-6,10-12H2,1-3H3/t15-,16+/m0/s1. The van der Waals surface area contributed by atoms with Gasteiger partial charge in [0.15, 0.2) is 0 Å². The molecule has 0 radical (unpaired) electrons.